The summed E-state index contributed by atoms with van der Waals surface area (Å²) in [6.45, 7) is 4.73. The van der Waals surface area contributed by atoms with Crippen LogP contribution in [0.4, 0.5) is 11.4 Å². The number of esters is 1. The van der Waals surface area contributed by atoms with Crippen LogP contribution in [0.2, 0.25) is 0 Å². The molecule has 0 atom stereocenters. The number of benzene rings is 1. The Morgan fingerprint density at radius 1 is 1.50 bits per heavy atom. The SMILES string of the molecule is CCOC(=O)CCNc1c(C)cccc1N. The third-order valence-corrected chi connectivity index (χ3v) is 2.24. The van der Waals surface area contributed by atoms with Crippen molar-refractivity contribution >= 4 is 17.3 Å². The zero-order chi connectivity index (χ0) is 12.0. The van der Waals surface area contributed by atoms with Crippen LogP contribution in [0.25, 0.3) is 0 Å². The first-order valence-electron chi connectivity index (χ1n) is 5.39. The van der Waals surface area contributed by atoms with E-state index in [1.54, 1.807) is 6.92 Å². The van der Waals surface area contributed by atoms with Crippen molar-refractivity contribution in [3.63, 3.8) is 0 Å². The van der Waals surface area contributed by atoms with Crippen LogP contribution in [-0.2, 0) is 9.53 Å². The summed E-state index contributed by atoms with van der Waals surface area (Å²) in [5, 5.41) is 3.14. The minimum atomic E-state index is -0.192. The number of carbonyl (C=O) groups excluding carboxylic acids is 1. The van der Waals surface area contributed by atoms with Crippen LogP contribution in [-0.4, -0.2) is 19.1 Å². The molecule has 4 nitrogen and oxygen atoms in total. The highest BCUT2D eigenvalue weighted by molar-refractivity contribution is 5.72. The van der Waals surface area contributed by atoms with Crippen molar-refractivity contribution in [3.05, 3.63) is 23.8 Å². The molecule has 88 valence electrons. The molecule has 4 heteroatoms. The highest BCUT2D eigenvalue weighted by atomic mass is 16.5. The van der Waals surface area contributed by atoms with Crippen molar-refractivity contribution in [1.82, 2.24) is 0 Å². The van der Waals surface area contributed by atoms with Gasteiger partial charge in [0.15, 0.2) is 0 Å². The summed E-state index contributed by atoms with van der Waals surface area (Å²) in [5.74, 6) is -0.192. The van der Waals surface area contributed by atoms with E-state index in [0.29, 0.717) is 25.3 Å². The van der Waals surface area contributed by atoms with Gasteiger partial charge in [0, 0.05) is 6.54 Å². The van der Waals surface area contributed by atoms with Gasteiger partial charge in [0.05, 0.1) is 24.4 Å². The molecule has 1 aromatic carbocycles. The van der Waals surface area contributed by atoms with Crippen molar-refractivity contribution in [2.75, 3.05) is 24.2 Å². The molecule has 0 bridgehead atoms. The summed E-state index contributed by atoms with van der Waals surface area (Å²) in [4.78, 5) is 11.1. The van der Waals surface area contributed by atoms with Gasteiger partial charge in [-0.3, -0.25) is 4.79 Å². The lowest BCUT2D eigenvalue weighted by Gasteiger charge is -2.11. The Labute approximate surface area is 95.8 Å². The van der Waals surface area contributed by atoms with E-state index in [2.05, 4.69) is 5.32 Å². The normalized spacial score (nSPS) is 9.88. The zero-order valence-corrected chi connectivity index (χ0v) is 9.75. The Morgan fingerprint density at radius 3 is 2.88 bits per heavy atom. The summed E-state index contributed by atoms with van der Waals surface area (Å²) in [7, 11) is 0. The van der Waals surface area contributed by atoms with E-state index in [4.69, 9.17) is 10.5 Å². The van der Waals surface area contributed by atoms with Gasteiger partial charge >= 0.3 is 5.97 Å². The number of nitrogens with one attached hydrogen (secondary N) is 1. The molecule has 0 saturated heterocycles. The topological polar surface area (TPSA) is 64.3 Å². The van der Waals surface area contributed by atoms with Crippen molar-refractivity contribution in [2.24, 2.45) is 0 Å². The first kappa shape index (κ1) is 12.4. The van der Waals surface area contributed by atoms with Gasteiger partial charge < -0.3 is 15.8 Å². The second kappa shape index (κ2) is 6.00. The standard InChI is InChI=1S/C12H18N2O2/c1-3-16-11(15)7-8-14-12-9(2)5-4-6-10(12)13/h4-6,14H,3,7-8,13H2,1-2H3. The molecule has 3 N–H and O–H groups in total. The second-order valence-corrected chi connectivity index (χ2v) is 3.52. The first-order valence-corrected chi connectivity index (χ1v) is 5.39. The molecule has 0 saturated carbocycles. The maximum atomic E-state index is 11.1. The largest absolute Gasteiger partial charge is 0.466 e. The maximum absolute atomic E-state index is 11.1. The Kier molecular flexibility index (Phi) is 4.64. The molecule has 0 spiro atoms. The molecular formula is C12H18N2O2. The van der Waals surface area contributed by atoms with Crippen LogP contribution in [0.3, 0.4) is 0 Å². The fourth-order valence-corrected chi connectivity index (χ4v) is 1.45. The monoisotopic (exact) mass is 222 g/mol. The van der Waals surface area contributed by atoms with Gasteiger partial charge in [0.25, 0.3) is 0 Å². The van der Waals surface area contributed by atoms with E-state index in [0.717, 1.165) is 11.3 Å². The highest BCUT2D eigenvalue weighted by Gasteiger charge is 2.04. The van der Waals surface area contributed by atoms with E-state index >= 15 is 0 Å². The molecular weight excluding hydrogens is 204 g/mol. The molecule has 0 amide bonds. The Bertz CT molecular complexity index is 344. The van der Waals surface area contributed by atoms with E-state index in [1.807, 2.05) is 25.1 Å². The lowest BCUT2D eigenvalue weighted by atomic mass is 10.1. The van der Waals surface area contributed by atoms with Crippen LogP contribution in [0, 0.1) is 6.92 Å². The van der Waals surface area contributed by atoms with E-state index in [1.165, 1.54) is 0 Å². The molecule has 16 heavy (non-hydrogen) atoms. The minimum Gasteiger partial charge on any atom is -0.466 e. The summed E-state index contributed by atoms with van der Waals surface area (Å²) in [6.07, 6.45) is 0.349. The van der Waals surface area contributed by atoms with Gasteiger partial charge in [-0.1, -0.05) is 12.1 Å². The van der Waals surface area contributed by atoms with Gasteiger partial charge in [0.2, 0.25) is 0 Å². The van der Waals surface area contributed by atoms with Crippen LogP contribution in [0.5, 0.6) is 0 Å². The molecule has 0 radical (unpaired) electrons. The summed E-state index contributed by atoms with van der Waals surface area (Å²) in [5.41, 5.74) is 8.48. The van der Waals surface area contributed by atoms with E-state index < -0.39 is 0 Å². The molecule has 0 heterocycles. The summed E-state index contributed by atoms with van der Waals surface area (Å²) >= 11 is 0. The number of nitrogen functional groups attached to an aromatic ring is 1. The van der Waals surface area contributed by atoms with Gasteiger partial charge in [-0.15, -0.1) is 0 Å². The number of nitrogens with two attached hydrogens (primary N) is 1. The number of rotatable bonds is 5. The molecule has 0 aliphatic rings. The third-order valence-electron chi connectivity index (χ3n) is 2.24. The van der Waals surface area contributed by atoms with Gasteiger partial charge in [-0.2, -0.15) is 0 Å². The highest BCUT2D eigenvalue weighted by Crippen LogP contribution is 2.22. The molecule has 0 aromatic heterocycles. The average molecular weight is 222 g/mol. The van der Waals surface area contributed by atoms with Gasteiger partial charge in [-0.25, -0.2) is 0 Å². The number of para-hydroxylation sites is 1. The zero-order valence-electron chi connectivity index (χ0n) is 9.75. The van der Waals surface area contributed by atoms with Crippen LogP contribution < -0.4 is 11.1 Å². The predicted octanol–water partition coefficient (Wildman–Crippen LogP) is 1.94. The van der Waals surface area contributed by atoms with E-state index in [9.17, 15) is 4.79 Å². The predicted molar refractivity (Wildman–Crippen MR) is 65.3 cm³/mol. The average Bonchev–Trinajstić information content (AvgIpc) is 2.23. The quantitative estimate of drug-likeness (QED) is 0.590. The number of anilines is 2. The third kappa shape index (κ3) is 3.46. The number of ether oxygens (including phenoxy) is 1. The van der Waals surface area contributed by atoms with Gasteiger partial charge in [-0.05, 0) is 25.5 Å². The van der Waals surface area contributed by atoms with Crippen LogP contribution >= 0.6 is 0 Å². The second-order valence-electron chi connectivity index (χ2n) is 3.52. The first-order chi connectivity index (χ1) is 7.65. The molecule has 0 aliphatic heterocycles. The van der Waals surface area contributed by atoms with E-state index in [-0.39, 0.29) is 5.97 Å². The Morgan fingerprint density at radius 2 is 2.25 bits per heavy atom. The molecule has 1 rings (SSSR count). The smallest absolute Gasteiger partial charge is 0.307 e. The molecule has 0 fully saturated rings. The van der Waals surface area contributed by atoms with Crippen molar-refractivity contribution in [1.29, 1.82) is 0 Å². The lowest BCUT2D eigenvalue weighted by Crippen LogP contribution is -2.12. The molecule has 0 aliphatic carbocycles. The van der Waals surface area contributed by atoms with Gasteiger partial charge in [0.1, 0.15) is 0 Å². The maximum Gasteiger partial charge on any atom is 0.307 e. The number of hydrogen-bond donors (Lipinski definition) is 2. The minimum absolute atomic E-state index is 0.192. The number of hydrogen-bond acceptors (Lipinski definition) is 4. The summed E-state index contributed by atoms with van der Waals surface area (Å²) < 4.78 is 4.83. The Balaban J connectivity index is 2.46. The number of carbonyl (C=O) groups is 1. The fourth-order valence-electron chi connectivity index (χ4n) is 1.45. The summed E-state index contributed by atoms with van der Waals surface area (Å²) in [6, 6.07) is 5.71. The Hall–Kier alpha value is -1.71. The van der Waals surface area contributed by atoms with Crippen molar-refractivity contribution in [2.45, 2.75) is 20.3 Å². The van der Waals surface area contributed by atoms with Crippen LogP contribution in [0.15, 0.2) is 18.2 Å². The molecule has 0 unspecified atom stereocenters. The lowest BCUT2D eigenvalue weighted by molar-refractivity contribution is -0.142. The number of aryl methyl sites for hydroxylation is 1. The van der Waals surface area contributed by atoms with Crippen LogP contribution in [0.1, 0.15) is 18.9 Å². The van der Waals surface area contributed by atoms with Crippen molar-refractivity contribution in [3.8, 4) is 0 Å². The molecule has 1 aromatic rings. The van der Waals surface area contributed by atoms with Crippen molar-refractivity contribution < 1.29 is 9.53 Å². The fraction of sp³-hybridized carbons (Fsp3) is 0.417.